The lowest BCUT2D eigenvalue weighted by Crippen LogP contribution is -2.16. The fraction of sp³-hybridized carbons (Fsp3) is 0.176. The Labute approximate surface area is 159 Å². The first-order valence-corrected chi connectivity index (χ1v) is 10.4. The number of nitrogens with zero attached hydrogens (tertiary/aromatic N) is 6. The van der Waals surface area contributed by atoms with Crippen LogP contribution in [0.25, 0.3) is 11.1 Å². The Morgan fingerprint density at radius 3 is 2.12 bits per heavy atom. The minimum Gasteiger partial charge on any atom is -0.313 e. The first-order chi connectivity index (χ1) is 12.6. The summed E-state index contributed by atoms with van der Waals surface area (Å²) >= 11 is 1.38. The van der Waals surface area contributed by atoms with Gasteiger partial charge in [-0.1, -0.05) is 0 Å². The van der Waals surface area contributed by atoms with E-state index in [2.05, 4.69) is 19.9 Å². The van der Waals surface area contributed by atoms with Crippen molar-refractivity contribution in [1.82, 2.24) is 19.9 Å². The zero-order chi connectivity index (χ0) is 18.5. The zero-order valence-electron chi connectivity index (χ0n) is 14.6. The van der Waals surface area contributed by atoms with Gasteiger partial charge in [-0.25, -0.2) is 22.9 Å². The molecule has 0 fully saturated rings. The highest BCUT2D eigenvalue weighted by Gasteiger charge is 2.13. The Morgan fingerprint density at radius 1 is 0.923 bits per heavy atom. The summed E-state index contributed by atoms with van der Waals surface area (Å²) in [6.45, 7) is 0. The number of anilines is 3. The van der Waals surface area contributed by atoms with Crippen LogP contribution in [0.5, 0.6) is 0 Å². The van der Waals surface area contributed by atoms with Gasteiger partial charge in [0.1, 0.15) is 16.8 Å². The largest absolute Gasteiger partial charge is 0.313 e. The third-order valence-electron chi connectivity index (χ3n) is 3.65. The fourth-order valence-electron chi connectivity index (χ4n) is 2.39. The predicted octanol–water partition coefficient (Wildman–Crippen LogP) is 3.08. The van der Waals surface area contributed by atoms with Gasteiger partial charge in [0.15, 0.2) is 11.6 Å². The summed E-state index contributed by atoms with van der Waals surface area (Å²) in [5.74, 6) is 2.11. The molecule has 0 N–H and O–H groups in total. The van der Waals surface area contributed by atoms with E-state index in [9.17, 15) is 4.21 Å². The van der Waals surface area contributed by atoms with E-state index in [0.717, 1.165) is 16.9 Å². The molecule has 0 saturated carbocycles. The maximum Gasteiger partial charge on any atom is 0.152 e. The van der Waals surface area contributed by atoms with Gasteiger partial charge in [0.2, 0.25) is 0 Å². The van der Waals surface area contributed by atoms with Crippen LogP contribution in [0.3, 0.4) is 0 Å². The molecule has 3 heterocycles. The Balaban J connectivity index is 1.95. The van der Waals surface area contributed by atoms with Crippen LogP contribution in [0.4, 0.5) is 17.5 Å². The average molecular weight is 387 g/mol. The molecule has 0 saturated heterocycles. The van der Waals surface area contributed by atoms with Crippen molar-refractivity contribution in [2.45, 2.75) is 0 Å². The summed E-state index contributed by atoms with van der Waals surface area (Å²) in [4.78, 5) is 19.0. The molecule has 134 valence electrons. The number of pyridine rings is 2. The molecular formula is C17H18N6OS2. The van der Waals surface area contributed by atoms with Crippen molar-refractivity contribution in [1.29, 1.82) is 0 Å². The molecule has 0 aliphatic heterocycles. The Bertz CT molecular complexity index is 909. The van der Waals surface area contributed by atoms with E-state index in [0.29, 0.717) is 11.6 Å². The van der Waals surface area contributed by atoms with Crippen LogP contribution in [-0.4, -0.2) is 43.7 Å². The first-order valence-electron chi connectivity index (χ1n) is 7.70. The second kappa shape index (κ2) is 8.24. The molecule has 3 rings (SSSR count). The summed E-state index contributed by atoms with van der Waals surface area (Å²) in [6, 6.07) is 7.74. The number of rotatable bonds is 6. The molecular weight excluding hydrogens is 368 g/mol. The Hall–Kier alpha value is -2.52. The molecule has 0 radical (unpaired) electrons. The first kappa shape index (κ1) is 18.3. The van der Waals surface area contributed by atoms with Crippen LogP contribution in [0.2, 0.25) is 0 Å². The van der Waals surface area contributed by atoms with Crippen LogP contribution >= 0.6 is 11.9 Å². The van der Waals surface area contributed by atoms with Crippen molar-refractivity contribution in [2.24, 2.45) is 0 Å². The van der Waals surface area contributed by atoms with Crippen molar-refractivity contribution in [3.05, 3.63) is 55.2 Å². The maximum absolute atomic E-state index is 11.9. The molecule has 0 amide bonds. The molecule has 1 unspecified atom stereocenters. The van der Waals surface area contributed by atoms with Crippen molar-refractivity contribution in [3.63, 3.8) is 0 Å². The lowest BCUT2D eigenvalue weighted by atomic mass is 10.1. The van der Waals surface area contributed by atoms with E-state index in [1.54, 1.807) is 41.0 Å². The topological polar surface area (TPSA) is 75.1 Å². The molecule has 0 aliphatic rings. The second-order valence-electron chi connectivity index (χ2n) is 5.29. The molecule has 1 atom stereocenters. The molecule has 0 aromatic carbocycles. The van der Waals surface area contributed by atoms with E-state index in [4.69, 9.17) is 0 Å². The van der Waals surface area contributed by atoms with Gasteiger partial charge >= 0.3 is 0 Å². The third kappa shape index (κ3) is 4.00. The number of hydrogen-bond acceptors (Lipinski definition) is 7. The lowest BCUT2D eigenvalue weighted by molar-refractivity contribution is 0.688. The molecule has 3 aromatic rings. The van der Waals surface area contributed by atoms with Gasteiger partial charge in [0, 0.05) is 44.3 Å². The maximum atomic E-state index is 11.9. The molecule has 0 aliphatic carbocycles. The monoisotopic (exact) mass is 386 g/mol. The predicted molar refractivity (Wildman–Crippen MR) is 108 cm³/mol. The van der Waals surface area contributed by atoms with Crippen LogP contribution in [0.15, 0.2) is 55.2 Å². The van der Waals surface area contributed by atoms with Crippen LogP contribution in [0, 0.1) is 0 Å². The second-order valence-corrected chi connectivity index (χ2v) is 7.47. The number of hydrogen-bond donors (Lipinski definition) is 0. The van der Waals surface area contributed by atoms with E-state index < -0.39 is 11.0 Å². The molecule has 9 heteroatoms. The highest BCUT2D eigenvalue weighted by atomic mass is 32.2. The zero-order valence-corrected chi connectivity index (χ0v) is 16.2. The SMILES string of the molecule is CSN(c1cc(-c2ccnc(N(C)c3cnccn3)c2)ccn1)S(C)=O. The normalized spacial score (nSPS) is 11.8. The minimum atomic E-state index is -1.16. The van der Waals surface area contributed by atoms with Gasteiger partial charge in [-0.15, -0.1) is 0 Å². The molecule has 0 spiro atoms. The Morgan fingerprint density at radius 2 is 1.54 bits per heavy atom. The summed E-state index contributed by atoms with van der Waals surface area (Å²) in [6.07, 6.45) is 11.9. The van der Waals surface area contributed by atoms with Crippen LogP contribution in [-0.2, 0) is 11.0 Å². The molecule has 3 aromatic heterocycles. The summed E-state index contributed by atoms with van der Waals surface area (Å²) in [5.41, 5.74) is 1.95. The van der Waals surface area contributed by atoms with Gasteiger partial charge in [-0.2, -0.15) is 0 Å². The van der Waals surface area contributed by atoms with Crippen LogP contribution in [0.1, 0.15) is 0 Å². The van der Waals surface area contributed by atoms with Crippen molar-refractivity contribution in [3.8, 4) is 11.1 Å². The highest BCUT2D eigenvalue weighted by molar-refractivity contribution is 8.11. The van der Waals surface area contributed by atoms with Gasteiger partial charge in [0.25, 0.3) is 0 Å². The van der Waals surface area contributed by atoms with Gasteiger partial charge in [-0.3, -0.25) is 4.98 Å². The van der Waals surface area contributed by atoms with Crippen molar-refractivity contribution < 1.29 is 4.21 Å². The smallest absolute Gasteiger partial charge is 0.152 e. The standard InChI is InChI=1S/C17H18N6OS2/c1-22(17-12-18-8-9-21-17)15-10-13(4-6-19-15)14-5-7-20-16(11-14)23(25-2)26(3)24/h4-12H,1-3H3. The molecule has 0 bridgehead atoms. The van der Waals surface area contributed by atoms with Crippen LogP contribution < -0.4 is 8.61 Å². The van der Waals surface area contributed by atoms with E-state index in [1.807, 2.05) is 42.5 Å². The van der Waals surface area contributed by atoms with Crippen molar-refractivity contribution in [2.75, 3.05) is 28.2 Å². The minimum absolute atomic E-state index is 0.650. The van der Waals surface area contributed by atoms with Crippen molar-refractivity contribution >= 4 is 40.4 Å². The molecule has 26 heavy (non-hydrogen) atoms. The number of aromatic nitrogens is 4. The quantitative estimate of drug-likeness (QED) is 0.603. The summed E-state index contributed by atoms with van der Waals surface area (Å²) in [7, 11) is 0.735. The highest BCUT2D eigenvalue weighted by Crippen LogP contribution is 2.28. The van der Waals surface area contributed by atoms with Gasteiger partial charge < -0.3 is 4.90 Å². The Kier molecular flexibility index (Phi) is 5.79. The van der Waals surface area contributed by atoms with Gasteiger partial charge in [0.05, 0.1) is 6.20 Å². The third-order valence-corrected chi connectivity index (χ3v) is 5.90. The molecule has 7 nitrogen and oxygen atoms in total. The lowest BCUT2D eigenvalue weighted by Gasteiger charge is -2.18. The van der Waals surface area contributed by atoms with Gasteiger partial charge in [-0.05, 0) is 47.3 Å². The van der Waals surface area contributed by atoms with E-state index in [-0.39, 0.29) is 0 Å². The van der Waals surface area contributed by atoms with E-state index >= 15 is 0 Å². The average Bonchev–Trinajstić information content (AvgIpc) is 2.69. The van der Waals surface area contributed by atoms with E-state index in [1.165, 1.54) is 11.9 Å². The fourth-order valence-corrected chi connectivity index (χ4v) is 3.88. The summed E-state index contributed by atoms with van der Waals surface area (Å²) < 4.78 is 13.5. The summed E-state index contributed by atoms with van der Waals surface area (Å²) in [5, 5.41) is 0.